The summed E-state index contributed by atoms with van der Waals surface area (Å²) in [6, 6.07) is 5.28. The Kier molecular flexibility index (Phi) is 9.28. The van der Waals surface area contributed by atoms with Gasteiger partial charge in [0.05, 0.1) is 6.61 Å². The molecule has 0 saturated carbocycles. The number of halogens is 2. The number of hydrogen-bond donors (Lipinski definition) is 1. The standard InChI is InChI=1S/C13H20N4O2.2ClH/c1-19-10-11(14)13(18)17-8-6-16(7-9-17)12-4-2-3-5-15-12;;/h2-5,11H,6-10,14H2,1H3;2*1H. The number of rotatable bonds is 4. The summed E-state index contributed by atoms with van der Waals surface area (Å²) in [5.74, 6) is 0.915. The van der Waals surface area contributed by atoms with Gasteiger partial charge in [-0.25, -0.2) is 4.98 Å². The molecule has 120 valence electrons. The van der Waals surface area contributed by atoms with E-state index in [2.05, 4.69) is 9.88 Å². The summed E-state index contributed by atoms with van der Waals surface area (Å²) in [5.41, 5.74) is 5.76. The van der Waals surface area contributed by atoms with E-state index in [-0.39, 0.29) is 37.3 Å². The first kappa shape index (κ1) is 19.9. The lowest BCUT2D eigenvalue weighted by atomic mass is 10.2. The number of carbonyl (C=O) groups excluding carboxylic acids is 1. The molecule has 1 amide bonds. The molecule has 0 bridgehead atoms. The molecule has 8 heteroatoms. The number of nitrogens with two attached hydrogens (primary N) is 1. The van der Waals surface area contributed by atoms with Crippen molar-refractivity contribution in [3.05, 3.63) is 24.4 Å². The average Bonchev–Trinajstić information content (AvgIpc) is 2.48. The van der Waals surface area contributed by atoms with Gasteiger partial charge in [0, 0.05) is 39.5 Å². The van der Waals surface area contributed by atoms with Gasteiger partial charge in [0.2, 0.25) is 5.91 Å². The molecule has 1 fully saturated rings. The summed E-state index contributed by atoms with van der Waals surface area (Å²) in [4.78, 5) is 20.3. The number of anilines is 1. The first-order valence-electron chi connectivity index (χ1n) is 6.41. The van der Waals surface area contributed by atoms with E-state index in [1.165, 1.54) is 0 Å². The van der Waals surface area contributed by atoms with E-state index in [9.17, 15) is 4.79 Å². The number of nitrogens with zero attached hydrogens (tertiary/aromatic N) is 3. The van der Waals surface area contributed by atoms with Gasteiger partial charge >= 0.3 is 0 Å². The van der Waals surface area contributed by atoms with E-state index in [4.69, 9.17) is 10.5 Å². The van der Waals surface area contributed by atoms with E-state index < -0.39 is 6.04 Å². The lowest BCUT2D eigenvalue weighted by molar-refractivity contribution is -0.134. The quantitative estimate of drug-likeness (QED) is 0.869. The SMILES string of the molecule is COCC(N)C(=O)N1CCN(c2ccccn2)CC1.Cl.Cl. The zero-order valence-corrected chi connectivity index (χ0v) is 13.6. The van der Waals surface area contributed by atoms with Crippen molar-refractivity contribution >= 4 is 36.5 Å². The van der Waals surface area contributed by atoms with Gasteiger partial charge in [0.25, 0.3) is 0 Å². The first-order valence-corrected chi connectivity index (χ1v) is 6.41. The first-order chi connectivity index (χ1) is 9.22. The third kappa shape index (κ3) is 5.32. The molecule has 0 radical (unpaired) electrons. The number of hydrogen-bond acceptors (Lipinski definition) is 5. The molecule has 1 atom stereocenters. The lowest BCUT2D eigenvalue weighted by Gasteiger charge is -2.36. The van der Waals surface area contributed by atoms with Crippen molar-refractivity contribution in [2.24, 2.45) is 5.73 Å². The third-order valence-corrected chi connectivity index (χ3v) is 3.23. The van der Waals surface area contributed by atoms with Crippen LogP contribution in [0.1, 0.15) is 0 Å². The van der Waals surface area contributed by atoms with Gasteiger partial charge in [-0.05, 0) is 12.1 Å². The fourth-order valence-electron chi connectivity index (χ4n) is 2.18. The highest BCUT2D eigenvalue weighted by Gasteiger charge is 2.25. The van der Waals surface area contributed by atoms with Gasteiger partial charge in [0.15, 0.2) is 0 Å². The molecule has 0 aliphatic carbocycles. The summed E-state index contributed by atoms with van der Waals surface area (Å²) in [5, 5.41) is 0. The molecule has 1 aliphatic rings. The van der Waals surface area contributed by atoms with E-state index >= 15 is 0 Å². The molecule has 21 heavy (non-hydrogen) atoms. The second-order valence-electron chi connectivity index (χ2n) is 4.56. The van der Waals surface area contributed by atoms with Gasteiger partial charge in [-0.3, -0.25) is 4.79 Å². The van der Waals surface area contributed by atoms with Gasteiger partial charge < -0.3 is 20.3 Å². The van der Waals surface area contributed by atoms with Crippen LogP contribution in [0.25, 0.3) is 0 Å². The molecule has 2 rings (SSSR count). The predicted molar refractivity (Wildman–Crippen MR) is 87.4 cm³/mol. The van der Waals surface area contributed by atoms with Gasteiger partial charge in [-0.2, -0.15) is 0 Å². The minimum absolute atomic E-state index is 0. The Labute approximate surface area is 137 Å². The van der Waals surface area contributed by atoms with Crippen LogP contribution in [0.15, 0.2) is 24.4 Å². The minimum atomic E-state index is -0.564. The van der Waals surface area contributed by atoms with Crippen LogP contribution < -0.4 is 10.6 Å². The zero-order chi connectivity index (χ0) is 13.7. The normalized spacial score (nSPS) is 15.7. The Morgan fingerprint density at radius 1 is 1.33 bits per heavy atom. The smallest absolute Gasteiger partial charge is 0.241 e. The number of aromatic nitrogens is 1. The van der Waals surface area contributed by atoms with Gasteiger partial charge in [-0.1, -0.05) is 6.07 Å². The van der Waals surface area contributed by atoms with Crippen LogP contribution in [-0.4, -0.2) is 61.7 Å². The molecule has 1 unspecified atom stereocenters. The van der Waals surface area contributed by atoms with E-state index in [1.807, 2.05) is 18.2 Å². The lowest BCUT2D eigenvalue weighted by Crippen LogP contribution is -2.54. The summed E-state index contributed by atoms with van der Waals surface area (Å²) in [7, 11) is 1.55. The van der Waals surface area contributed by atoms with Crippen LogP contribution in [-0.2, 0) is 9.53 Å². The van der Waals surface area contributed by atoms with E-state index in [0.29, 0.717) is 13.1 Å². The van der Waals surface area contributed by atoms with Crippen molar-refractivity contribution in [3.63, 3.8) is 0 Å². The van der Waals surface area contributed by atoms with Gasteiger partial charge in [0.1, 0.15) is 11.9 Å². The van der Waals surface area contributed by atoms with Crippen LogP contribution in [0.2, 0.25) is 0 Å². The summed E-state index contributed by atoms with van der Waals surface area (Å²) in [6.07, 6.45) is 1.78. The molecule has 1 saturated heterocycles. The second-order valence-corrected chi connectivity index (χ2v) is 4.56. The van der Waals surface area contributed by atoms with Crippen LogP contribution in [0, 0.1) is 0 Å². The number of carbonyl (C=O) groups is 1. The fraction of sp³-hybridized carbons (Fsp3) is 0.538. The fourth-order valence-corrected chi connectivity index (χ4v) is 2.18. The summed E-state index contributed by atoms with van der Waals surface area (Å²) < 4.78 is 4.91. The Balaban J connectivity index is 0.00000200. The second kappa shape index (κ2) is 9.78. The maximum absolute atomic E-state index is 12.0. The van der Waals surface area contributed by atoms with Crippen molar-refractivity contribution in [1.29, 1.82) is 0 Å². The summed E-state index contributed by atoms with van der Waals surface area (Å²) in [6.45, 7) is 3.17. The topological polar surface area (TPSA) is 71.7 Å². The van der Waals surface area contributed by atoms with Crippen molar-refractivity contribution in [2.45, 2.75) is 6.04 Å². The Morgan fingerprint density at radius 2 is 2.00 bits per heavy atom. The number of piperazine rings is 1. The predicted octanol–water partition coefficient (Wildman–Crippen LogP) is 0.548. The van der Waals surface area contributed by atoms with Crippen LogP contribution in [0.4, 0.5) is 5.82 Å². The molecule has 1 aromatic heterocycles. The molecule has 1 aromatic rings. The van der Waals surface area contributed by atoms with Crippen molar-refractivity contribution in [2.75, 3.05) is 44.8 Å². The van der Waals surface area contributed by atoms with Crippen LogP contribution in [0.5, 0.6) is 0 Å². The van der Waals surface area contributed by atoms with Crippen LogP contribution >= 0.6 is 24.8 Å². The number of pyridine rings is 1. The van der Waals surface area contributed by atoms with E-state index in [1.54, 1.807) is 18.2 Å². The Hall–Kier alpha value is -1.08. The maximum atomic E-state index is 12.0. The summed E-state index contributed by atoms with van der Waals surface area (Å²) >= 11 is 0. The van der Waals surface area contributed by atoms with Crippen molar-refractivity contribution in [1.82, 2.24) is 9.88 Å². The Morgan fingerprint density at radius 3 is 2.52 bits per heavy atom. The number of amides is 1. The average molecular weight is 337 g/mol. The number of ether oxygens (including phenoxy) is 1. The number of methoxy groups -OCH3 is 1. The third-order valence-electron chi connectivity index (χ3n) is 3.23. The molecule has 6 nitrogen and oxygen atoms in total. The molecule has 2 N–H and O–H groups in total. The Bertz CT molecular complexity index is 414. The maximum Gasteiger partial charge on any atom is 0.241 e. The molecule has 2 heterocycles. The molecule has 1 aliphatic heterocycles. The van der Waals surface area contributed by atoms with Crippen molar-refractivity contribution < 1.29 is 9.53 Å². The highest BCUT2D eigenvalue weighted by molar-refractivity contribution is 5.85. The van der Waals surface area contributed by atoms with Crippen LogP contribution in [0.3, 0.4) is 0 Å². The highest BCUT2D eigenvalue weighted by atomic mass is 35.5. The molecule has 0 aromatic carbocycles. The van der Waals surface area contributed by atoms with E-state index in [0.717, 1.165) is 18.9 Å². The van der Waals surface area contributed by atoms with Gasteiger partial charge in [-0.15, -0.1) is 24.8 Å². The molecular formula is C13H22Cl2N4O2. The molecular weight excluding hydrogens is 315 g/mol. The van der Waals surface area contributed by atoms with Crippen molar-refractivity contribution in [3.8, 4) is 0 Å². The largest absolute Gasteiger partial charge is 0.383 e. The molecule has 0 spiro atoms. The highest BCUT2D eigenvalue weighted by Crippen LogP contribution is 2.12. The minimum Gasteiger partial charge on any atom is -0.383 e. The zero-order valence-electron chi connectivity index (χ0n) is 12.0. The monoisotopic (exact) mass is 336 g/mol.